The van der Waals surface area contributed by atoms with Crippen molar-refractivity contribution in [3.63, 3.8) is 0 Å². The lowest BCUT2D eigenvalue weighted by molar-refractivity contribution is 0.112. The molecule has 2 aromatic heterocycles. The van der Waals surface area contributed by atoms with Crippen molar-refractivity contribution in [1.29, 1.82) is 0 Å². The summed E-state index contributed by atoms with van der Waals surface area (Å²) in [5, 5.41) is 0.723. The minimum Gasteiger partial charge on any atom is -0.442 e. The van der Waals surface area contributed by atoms with Crippen LogP contribution in [0.1, 0.15) is 16.1 Å². The summed E-state index contributed by atoms with van der Waals surface area (Å²) in [5.41, 5.74) is 0.764. The van der Waals surface area contributed by atoms with Crippen LogP contribution in [0.5, 0.6) is 0 Å². The van der Waals surface area contributed by atoms with E-state index in [2.05, 4.69) is 9.97 Å². The van der Waals surface area contributed by atoms with E-state index in [1.807, 2.05) is 0 Å². The van der Waals surface area contributed by atoms with Crippen molar-refractivity contribution in [3.8, 4) is 0 Å². The van der Waals surface area contributed by atoms with Crippen molar-refractivity contribution in [3.05, 3.63) is 22.8 Å². The minimum atomic E-state index is 0.240. The topological polar surface area (TPSA) is 56.0 Å². The molecule has 0 aliphatic rings. The average Bonchev–Trinajstić information content (AvgIpc) is 2.42. The second-order valence-corrected chi connectivity index (χ2v) is 2.89. The highest BCUT2D eigenvalue weighted by Gasteiger charge is 2.14. The zero-order valence-corrected chi connectivity index (χ0v) is 7.50. The number of carbonyl (C=O) groups excluding carboxylic acids is 1. The number of hydrogen-bond acceptors (Lipinski definition) is 4. The Morgan fingerprint density at radius 3 is 3.00 bits per heavy atom. The number of halogens is 1. The van der Waals surface area contributed by atoms with Gasteiger partial charge in [-0.15, -0.1) is 0 Å². The van der Waals surface area contributed by atoms with Gasteiger partial charge in [0, 0.05) is 0 Å². The number of aromatic nitrogens is 2. The molecule has 0 spiro atoms. The fraction of sp³-hybridized carbons (Fsp3) is 0.125. The first kappa shape index (κ1) is 8.19. The number of furan rings is 1. The fourth-order valence-corrected chi connectivity index (χ4v) is 1.40. The van der Waals surface area contributed by atoms with E-state index >= 15 is 0 Å². The Hall–Kier alpha value is -1.42. The van der Waals surface area contributed by atoms with E-state index in [1.165, 1.54) is 6.33 Å². The van der Waals surface area contributed by atoms with Crippen molar-refractivity contribution >= 4 is 29.0 Å². The maximum absolute atomic E-state index is 10.7. The van der Waals surface area contributed by atoms with Crippen LogP contribution in [0, 0.1) is 6.92 Å². The number of nitrogens with zero attached hydrogens (tertiary/aromatic N) is 2. The molecule has 0 N–H and O–H groups in total. The van der Waals surface area contributed by atoms with Gasteiger partial charge in [0.05, 0.1) is 10.9 Å². The van der Waals surface area contributed by atoms with Crippen LogP contribution in [-0.2, 0) is 0 Å². The van der Waals surface area contributed by atoms with Gasteiger partial charge in [0.15, 0.2) is 6.29 Å². The van der Waals surface area contributed by atoms with Crippen LogP contribution in [0.15, 0.2) is 10.7 Å². The van der Waals surface area contributed by atoms with E-state index in [9.17, 15) is 4.79 Å². The van der Waals surface area contributed by atoms with Crippen LogP contribution in [0.25, 0.3) is 11.1 Å². The molecule has 0 fully saturated rings. The maximum Gasteiger partial charge on any atom is 0.231 e. The highest BCUT2D eigenvalue weighted by molar-refractivity contribution is 6.34. The lowest BCUT2D eigenvalue weighted by Gasteiger charge is -1.89. The zero-order valence-electron chi connectivity index (χ0n) is 6.74. The first-order chi connectivity index (χ1) is 6.24. The molecule has 13 heavy (non-hydrogen) atoms. The second-order valence-electron chi connectivity index (χ2n) is 2.53. The van der Waals surface area contributed by atoms with Gasteiger partial charge in [-0.1, -0.05) is 11.6 Å². The van der Waals surface area contributed by atoms with Gasteiger partial charge in [0.2, 0.25) is 5.71 Å². The van der Waals surface area contributed by atoms with Gasteiger partial charge in [-0.3, -0.25) is 4.79 Å². The molecule has 0 radical (unpaired) electrons. The number of rotatable bonds is 1. The molecule has 5 heteroatoms. The molecule has 66 valence electrons. The number of carbonyl (C=O) groups is 1. The average molecular weight is 197 g/mol. The summed E-state index contributed by atoms with van der Waals surface area (Å²) in [4.78, 5) is 18.3. The summed E-state index contributed by atoms with van der Waals surface area (Å²) in [5.74, 6) is 0.507. The molecule has 0 saturated heterocycles. The zero-order chi connectivity index (χ0) is 9.42. The van der Waals surface area contributed by atoms with Gasteiger partial charge in [0.25, 0.3) is 0 Å². The summed E-state index contributed by atoms with van der Waals surface area (Å²) in [6.07, 6.45) is 1.98. The Labute approximate surface area is 78.5 Å². The van der Waals surface area contributed by atoms with Crippen molar-refractivity contribution < 1.29 is 9.21 Å². The Bertz CT molecular complexity index is 478. The standard InChI is InChI=1S/C8H5ClN2O2/c1-4-5(2-12)6-7(9)10-3-11-8(6)13-4/h2-3H,1H3. The molecule has 4 nitrogen and oxygen atoms in total. The summed E-state index contributed by atoms with van der Waals surface area (Å²) < 4.78 is 5.20. The van der Waals surface area contributed by atoms with E-state index in [-0.39, 0.29) is 5.15 Å². The lowest BCUT2D eigenvalue weighted by atomic mass is 10.2. The van der Waals surface area contributed by atoms with Crippen LogP contribution in [0.3, 0.4) is 0 Å². The van der Waals surface area contributed by atoms with Crippen LogP contribution in [0.4, 0.5) is 0 Å². The number of aryl methyl sites for hydroxylation is 1. The van der Waals surface area contributed by atoms with Crippen LogP contribution >= 0.6 is 11.6 Å². The van der Waals surface area contributed by atoms with Crippen LogP contribution in [0.2, 0.25) is 5.15 Å². The molecule has 0 bridgehead atoms. The van der Waals surface area contributed by atoms with E-state index in [0.717, 1.165) is 0 Å². The molecule has 2 heterocycles. The van der Waals surface area contributed by atoms with E-state index in [0.29, 0.717) is 28.7 Å². The molecule has 0 aliphatic heterocycles. The van der Waals surface area contributed by atoms with E-state index in [1.54, 1.807) is 6.92 Å². The smallest absolute Gasteiger partial charge is 0.231 e. The van der Waals surface area contributed by atoms with Crippen molar-refractivity contribution in [2.24, 2.45) is 0 Å². The van der Waals surface area contributed by atoms with Gasteiger partial charge in [-0.05, 0) is 6.92 Å². The summed E-state index contributed by atoms with van der Waals surface area (Å²) in [7, 11) is 0. The molecular formula is C8H5ClN2O2. The number of aldehydes is 1. The predicted molar refractivity (Wildman–Crippen MR) is 46.9 cm³/mol. The van der Waals surface area contributed by atoms with Crippen molar-refractivity contribution in [2.45, 2.75) is 6.92 Å². The van der Waals surface area contributed by atoms with Gasteiger partial charge < -0.3 is 4.42 Å². The normalized spacial score (nSPS) is 10.6. The maximum atomic E-state index is 10.7. The third-order valence-corrected chi connectivity index (χ3v) is 2.07. The highest BCUT2D eigenvalue weighted by Crippen LogP contribution is 2.26. The summed E-state index contributed by atoms with van der Waals surface area (Å²) in [6.45, 7) is 1.68. The molecule has 2 aromatic rings. The number of hydrogen-bond donors (Lipinski definition) is 0. The van der Waals surface area contributed by atoms with E-state index < -0.39 is 0 Å². The van der Waals surface area contributed by atoms with Crippen molar-refractivity contribution in [2.75, 3.05) is 0 Å². The number of fused-ring (bicyclic) bond motifs is 1. The van der Waals surface area contributed by atoms with Gasteiger partial charge >= 0.3 is 0 Å². The Morgan fingerprint density at radius 2 is 2.31 bits per heavy atom. The lowest BCUT2D eigenvalue weighted by Crippen LogP contribution is -1.83. The first-order valence-corrected chi connectivity index (χ1v) is 3.96. The minimum absolute atomic E-state index is 0.240. The summed E-state index contributed by atoms with van der Waals surface area (Å²) >= 11 is 5.78. The second kappa shape index (κ2) is 2.81. The summed E-state index contributed by atoms with van der Waals surface area (Å²) in [6, 6.07) is 0. The third-order valence-electron chi connectivity index (χ3n) is 1.78. The quantitative estimate of drug-likeness (QED) is 0.517. The fourth-order valence-electron chi connectivity index (χ4n) is 1.17. The largest absolute Gasteiger partial charge is 0.442 e. The third kappa shape index (κ3) is 1.10. The molecule has 0 unspecified atom stereocenters. The van der Waals surface area contributed by atoms with E-state index in [4.69, 9.17) is 16.0 Å². The van der Waals surface area contributed by atoms with Crippen molar-refractivity contribution in [1.82, 2.24) is 9.97 Å². The van der Waals surface area contributed by atoms with Crippen LogP contribution in [-0.4, -0.2) is 16.3 Å². The highest BCUT2D eigenvalue weighted by atomic mass is 35.5. The SMILES string of the molecule is Cc1oc2ncnc(Cl)c2c1C=O. The van der Waals surface area contributed by atoms with Gasteiger partial charge in [-0.25, -0.2) is 9.97 Å². The van der Waals surface area contributed by atoms with Gasteiger partial charge in [-0.2, -0.15) is 0 Å². The molecule has 0 amide bonds. The monoisotopic (exact) mass is 196 g/mol. The Kier molecular flexibility index (Phi) is 1.77. The van der Waals surface area contributed by atoms with Gasteiger partial charge in [0.1, 0.15) is 17.2 Å². The Balaban J connectivity index is 2.96. The Morgan fingerprint density at radius 1 is 1.54 bits per heavy atom. The first-order valence-electron chi connectivity index (χ1n) is 3.59. The molecular weight excluding hydrogens is 192 g/mol. The predicted octanol–water partition coefficient (Wildman–Crippen LogP) is 2.00. The molecule has 0 atom stereocenters. The van der Waals surface area contributed by atoms with Crippen LogP contribution < -0.4 is 0 Å². The molecule has 0 saturated carbocycles. The molecule has 0 aliphatic carbocycles. The molecule has 0 aromatic carbocycles. The molecule has 2 rings (SSSR count).